The third kappa shape index (κ3) is 6.05. The van der Waals surface area contributed by atoms with E-state index in [1.165, 1.54) is 24.2 Å². The lowest BCUT2D eigenvalue weighted by molar-refractivity contribution is -0.114. The molecule has 0 aromatic heterocycles. The van der Waals surface area contributed by atoms with Gasteiger partial charge in [0.2, 0.25) is 11.8 Å². The summed E-state index contributed by atoms with van der Waals surface area (Å²) in [6.07, 6.45) is 0. The number of nitrogens with one attached hydrogen (secondary N) is 2. The Bertz CT molecular complexity index is 1600. The summed E-state index contributed by atoms with van der Waals surface area (Å²) < 4.78 is 5.92. The lowest BCUT2D eigenvalue weighted by Gasteiger charge is -2.14. The second-order valence-electron chi connectivity index (χ2n) is 9.16. The Balaban J connectivity index is 1.21. The standard InChI is InChI=1S/C31H25N3O5S/c1-19-3-14-26(15-4-19)40-18-29(36)33-22-7-11-24(12-8-22)39-25-13-16-27-28(17-25)31(38)34(30(27)37)23-9-5-21(6-10-23)32-20(2)35/h3-17H,18H2,1-2H3,(H,32,35)(H,33,36). The van der Waals surface area contributed by atoms with Gasteiger partial charge < -0.3 is 15.4 Å². The number of nitrogens with zero attached hydrogens (tertiary/aromatic N) is 1. The van der Waals surface area contributed by atoms with Gasteiger partial charge in [0, 0.05) is 23.2 Å². The first kappa shape index (κ1) is 26.7. The second kappa shape index (κ2) is 11.5. The number of aryl methyl sites for hydroxylation is 1. The zero-order valence-electron chi connectivity index (χ0n) is 21.8. The number of anilines is 3. The molecule has 0 saturated carbocycles. The van der Waals surface area contributed by atoms with Gasteiger partial charge >= 0.3 is 0 Å². The molecule has 0 spiro atoms. The Morgan fingerprint density at radius 1 is 0.750 bits per heavy atom. The molecule has 1 aliphatic heterocycles. The van der Waals surface area contributed by atoms with Crippen molar-refractivity contribution in [2.24, 2.45) is 0 Å². The minimum absolute atomic E-state index is 0.115. The molecule has 9 heteroatoms. The third-order valence-corrected chi connectivity index (χ3v) is 7.08. The first-order chi connectivity index (χ1) is 19.3. The van der Waals surface area contributed by atoms with Gasteiger partial charge in [-0.1, -0.05) is 17.7 Å². The van der Waals surface area contributed by atoms with E-state index in [1.54, 1.807) is 66.7 Å². The normalized spacial score (nSPS) is 12.2. The largest absolute Gasteiger partial charge is 0.457 e. The van der Waals surface area contributed by atoms with Gasteiger partial charge in [-0.25, -0.2) is 4.90 Å². The van der Waals surface area contributed by atoms with Gasteiger partial charge in [0.25, 0.3) is 11.8 Å². The van der Waals surface area contributed by atoms with E-state index in [0.717, 1.165) is 9.80 Å². The predicted octanol–water partition coefficient (Wildman–Crippen LogP) is 6.28. The van der Waals surface area contributed by atoms with Crippen molar-refractivity contribution in [1.29, 1.82) is 0 Å². The van der Waals surface area contributed by atoms with E-state index >= 15 is 0 Å². The Labute approximate surface area is 235 Å². The molecule has 5 rings (SSSR count). The molecule has 0 fully saturated rings. The van der Waals surface area contributed by atoms with E-state index in [2.05, 4.69) is 10.6 Å². The summed E-state index contributed by atoms with van der Waals surface area (Å²) in [7, 11) is 0. The van der Waals surface area contributed by atoms with Gasteiger partial charge in [0.1, 0.15) is 11.5 Å². The van der Waals surface area contributed by atoms with Crippen molar-refractivity contribution < 1.29 is 23.9 Å². The Morgan fingerprint density at radius 2 is 1.35 bits per heavy atom. The number of hydrogen-bond acceptors (Lipinski definition) is 6. The van der Waals surface area contributed by atoms with Crippen LogP contribution in [0.3, 0.4) is 0 Å². The number of ether oxygens (including phenoxy) is 1. The molecular weight excluding hydrogens is 526 g/mol. The maximum atomic E-state index is 13.1. The van der Waals surface area contributed by atoms with Crippen LogP contribution >= 0.6 is 11.8 Å². The minimum atomic E-state index is -0.459. The number of thioether (sulfide) groups is 1. The highest BCUT2D eigenvalue weighted by Crippen LogP contribution is 2.33. The van der Waals surface area contributed by atoms with Crippen LogP contribution < -0.4 is 20.3 Å². The highest BCUT2D eigenvalue weighted by Gasteiger charge is 2.37. The number of fused-ring (bicyclic) bond motifs is 1. The number of carbonyl (C=O) groups excluding carboxylic acids is 4. The summed E-state index contributed by atoms with van der Waals surface area (Å²) >= 11 is 1.47. The first-order valence-electron chi connectivity index (χ1n) is 12.4. The molecule has 1 heterocycles. The number of amides is 4. The zero-order chi connectivity index (χ0) is 28.2. The van der Waals surface area contributed by atoms with Crippen molar-refractivity contribution in [2.45, 2.75) is 18.7 Å². The number of benzene rings is 4. The molecule has 200 valence electrons. The lowest BCUT2D eigenvalue weighted by atomic mass is 10.1. The number of carbonyl (C=O) groups is 4. The van der Waals surface area contributed by atoms with Crippen LogP contribution in [0.4, 0.5) is 17.1 Å². The fourth-order valence-corrected chi connectivity index (χ4v) is 4.84. The fraction of sp³-hybridized carbons (Fsp3) is 0.0968. The monoisotopic (exact) mass is 551 g/mol. The van der Waals surface area contributed by atoms with Crippen molar-refractivity contribution in [1.82, 2.24) is 0 Å². The Hall–Kier alpha value is -4.89. The van der Waals surface area contributed by atoms with Gasteiger partial charge in [-0.15, -0.1) is 11.8 Å². The fourth-order valence-electron chi connectivity index (χ4n) is 4.14. The molecule has 0 radical (unpaired) electrons. The molecule has 40 heavy (non-hydrogen) atoms. The molecule has 0 atom stereocenters. The molecule has 4 aromatic rings. The van der Waals surface area contributed by atoms with E-state index in [4.69, 9.17) is 4.74 Å². The van der Waals surface area contributed by atoms with E-state index in [0.29, 0.717) is 34.3 Å². The van der Waals surface area contributed by atoms with Crippen molar-refractivity contribution in [3.63, 3.8) is 0 Å². The van der Waals surface area contributed by atoms with Crippen molar-refractivity contribution >= 4 is 52.5 Å². The van der Waals surface area contributed by atoms with Crippen LogP contribution in [0.15, 0.2) is 95.9 Å². The van der Waals surface area contributed by atoms with Gasteiger partial charge in [-0.05, 0) is 85.8 Å². The van der Waals surface area contributed by atoms with Crippen LogP contribution in [0.1, 0.15) is 33.2 Å². The quantitative estimate of drug-likeness (QED) is 0.197. The first-order valence-corrected chi connectivity index (χ1v) is 13.4. The minimum Gasteiger partial charge on any atom is -0.457 e. The molecule has 2 N–H and O–H groups in total. The highest BCUT2D eigenvalue weighted by molar-refractivity contribution is 8.00. The van der Waals surface area contributed by atoms with Crippen LogP contribution in [0.2, 0.25) is 0 Å². The van der Waals surface area contributed by atoms with E-state index in [1.807, 2.05) is 31.2 Å². The molecule has 0 aliphatic carbocycles. The number of rotatable bonds is 8. The van der Waals surface area contributed by atoms with Crippen LogP contribution in [0, 0.1) is 6.92 Å². The number of imide groups is 1. The SMILES string of the molecule is CC(=O)Nc1ccc(N2C(=O)c3ccc(Oc4ccc(NC(=O)CSc5ccc(C)cc5)cc4)cc3C2=O)cc1. The molecule has 0 bridgehead atoms. The summed E-state index contributed by atoms with van der Waals surface area (Å²) in [5.74, 6) is -0.0228. The molecule has 1 aliphatic rings. The Morgan fingerprint density at radius 3 is 2.02 bits per heavy atom. The van der Waals surface area contributed by atoms with E-state index in [9.17, 15) is 19.2 Å². The lowest BCUT2D eigenvalue weighted by Crippen LogP contribution is -2.29. The molecule has 0 saturated heterocycles. The molecular formula is C31H25N3O5S. The van der Waals surface area contributed by atoms with E-state index < -0.39 is 11.8 Å². The summed E-state index contributed by atoms with van der Waals surface area (Å²) in [6, 6.07) is 26.1. The molecule has 8 nitrogen and oxygen atoms in total. The maximum Gasteiger partial charge on any atom is 0.266 e. The zero-order valence-corrected chi connectivity index (χ0v) is 22.6. The Kier molecular flexibility index (Phi) is 7.65. The number of hydrogen-bond donors (Lipinski definition) is 2. The smallest absolute Gasteiger partial charge is 0.266 e. The van der Waals surface area contributed by atoms with E-state index in [-0.39, 0.29) is 22.9 Å². The van der Waals surface area contributed by atoms with Gasteiger partial charge in [-0.3, -0.25) is 19.2 Å². The maximum absolute atomic E-state index is 13.1. The summed E-state index contributed by atoms with van der Waals surface area (Å²) in [5.41, 5.74) is 3.29. The van der Waals surface area contributed by atoms with Gasteiger partial charge in [0.15, 0.2) is 0 Å². The topological polar surface area (TPSA) is 105 Å². The average Bonchev–Trinajstić information content (AvgIpc) is 3.18. The van der Waals surface area contributed by atoms with Crippen molar-refractivity contribution in [2.75, 3.05) is 21.3 Å². The van der Waals surface area contributed by atoms with Gasteiger partial charge in [-0.2, -0.15) is 0 Å². The highest BCUT2D eigenvalue weighted by atomic mass is 32.2. The van der Waals surface area contributed by atoms with Crippen molar-refractivity contribution in [3.05, 3.63) is 108 Å². The molecule has 4 aromatic carbocycles. The summed E-state index contributed by atoms with van der Waals surface area (Å²) in [5, 5.41) is 5.52. The predicted molar refractivity (Wildman–Crippen MR) is 155 cm³/mol. The molecule has 0 unspecified atom stereocenters. The summed E-state index contributed by atoms with van der Waals surface area (Å²) in [6.45, 7) is 3.42. The van der Waals surface area contributed by atoms with Crippen LogP contribution in [0.5, 0.6) is 11.5 Å². The van der Waals surface area contributed by atoms with Crippen molar-refractivity contribution in [3.8, 4) is 11.5 Å². The summed E-state index contributed by atoms with van der Waals surface area (Å²) in [4.78, 5) is 51.8. The average molecular weight is 552 g/mol. The third-order valence-electron chi connectivity index (χ3n) is 6.07. The molecule has 4 amide bonds. The van der Waals surface area contributed by atoms with Crippen LogP contribution in [0.25, 0.3) is 0 Å². The van der Waals surface area contributed by atoms with Crippen LogP contribution in [-0.2, 0) is 9.59 Å². The second-order valence-corrected chi connectivity index (χ2v) is 10.2. The van der Waals surface area contributed by atoms with Crippen LogP contribution in [-0.4, -0.2) is 29.4 Å². The van der Waals surface area contributed by atoms with Gasteiger partial charge in [0.05, 0.1) is 22.6 Å².